The van der Waals surface area contributed by atoms with Crippen molar-refractivity contribution < 1.29 is 27.2 Å². The molecular formula is C15H20F2N2O5S. The number of hydrogen-bond acceptors (Lipinski definition) is 6. The van der Waals surface area contributed by atoms with Crippen LogP contribution in [0, 0.1) is 15.5 Å². The van der Waals surface area contributed by atoms with Crippen molar-refractivity contribution >= 4 is 21.2 Å². The van der Waals surface area contributed by atoms with Gasteiger partial charge in [0.15, 0.2) is 0 Å². The smallest absolute Gasteiger partial charge is 0.341 e. The fraction of sp³-hybridized carbons (Fsp3) is 0.600. The maximum Gasteiger partial charge on any atom is 0.341 e. The lowest BCUT2D eigenvalue weighted by molar-refractivity contribution is -0.384. The second kappa shape index (κ2) is 7.20. The summed E-state index contributed by atoms with van der Waals surface area (Å²) in [6.45, 7) is 2.11. The molecule has 0 aromatic heterocycles. The number of benzene rings is 1. The van der Waals surface area contributed by atoms with E-state index in [-0.39, 0.29) is 12.2 Å². The molecule has 0 bridgehead atoms. The predicted octanol–water partition coefficient (Wildman–Crippen LogP) is 2.94. The quantitative estimate of drug-likeness (QED) is 0.582. The van der Waals surface area contributed by atoms with E-state index in [1.807, 2.05) is 6.92 Å². The molecule has 0 heterocycles. The Kier molecular flexibility index (Phi) is 5.62. The molecule has 1 fully saturated rings. The van der Waals surface area contributed by atoms with Gasteiger partial charge >= 0.3 is 5.76 Å². The first-order chi connectivity index (χ1) is 11.6. The van der Waals surface area contributed by atoms with Crippen LogP contribution in [0.5, 0.6) is 0 Å². The minimum Gasteiger partial charge on any atom is -0.392 e. The van der Waals surface area contributed by atoms with Crippen LogP contribution in [-0.2, 0) is 9.84 Å². The van der Waals surface area contributed by atoms with Crippen LogP contribution in [0.1, 0.15) is 32.6 Å². The molecule has 0 amide bonds. The van der Waals surface area contributed by atoms with Crippen LogP contribution in [0.25, 0.3) is 0 Å². The van der Waals surface area contributed by atoms with Crippen LogP contribution in [0.4, 0.5) is 20.2 Å². The molecule has 2 unspecified atom stereocenters. The number of nitro benzene ring substituents is 1. The molecule has 2 atom stereocenters. The van der Waals surface area contributed by atoms with Gasteiger partial charge in [-0.1, -0.05) is 19.8 Å². The van der Waals surface area contributed by atoms with Gasteiger partial charge in [-0.2, -0.15) is 8.78 Å². The zero-order chi connectivity index (χ0) is 18.8. The molecule has 1 aromatic rings. The summed E-state index contributed by atoms with van der Waals surface area (Å²) < 4.78 is 48.2. The van der Waals surface area contributed by atoms with Gasteiger partial charge < -0.3 is 10.4 Å². The van der Waals surface area contributed by atoms with Gasteiger partial charge in [-0.25, -0.2) is 8.42 Å². The molecule has 1 aromatic carbocycles. The fourth-order valence-corrected chi connectivity index (χ4v) is 3.72. The average molecular weight is 378 g/mol. The number of nitro groups is 1. The minimum atomic E-state index is -4.91. The Morgan fingerprint density at radius 2 is 2.12 bits per heavy atom. The van der Waals surface area contributed by atoms with E-state index in [1.165, 1.54) is 0 Å². The molecule has 7 nitrogen and oxygen atoms in total. The molecular weight excluding hydrogens is 358 g/mol. The van der Waals surface area contributed by atoms with Crippen LogP contribution in [0.3, 0.4) is 0 Å². The number of sulfone groups is 1. The van der Waals surface area contributed by atoms with Crippen LogP contribution in [0.2, 0.25) is 0 Å². The van der Waals surface area contributed by atoms with Crippen molar-refractivity contribution in [3.05, 3.63) is 28.3 Å². The molecule has 140 valence electrons. The SMILES string of the molecule is CC1(CNc2ccc(S(=O)(=O)C(F)F)cc2[N+](=O)[O-])CCCCC1O. The van der Waals surface area contributed by atoms with Crippen LogP contribution >= 0.6 is 0 Å². The topological polar surface area (TPSA) is 110 Å². The number of alkyl halides is 2. The largest absolute Gasteiger partial charge is 0.392 e. The molecule has 0 aliphatic heterocycles. The van der Waals surface area contributed by atoms with Crippen molar-refractivity contribution in [1.82, 2.24) is 0 Å². The Morgan fingerprint density at radius 3 is 2.68 bits per heavy atom. The lowest BCUT2D eigenvalue weighted by atomic mass is 9.73. The summed E-state index contributed by atoms with van der Waals surface area (Å²) in [6.07, 6.45) is 2.69. The Balaban J connectivity index is 2.28. The number of halogens is 2. The van der Waals surface area contributed by atoms with E-state index in [0.29, 0.717) is 12.5 Å². The second-order valence-electron chi connectivity index (χ2n) is 6.51. The van der Waals surface area contributed by atoms with Crippen LogP contribution in [-0.4, -0.2) is 36.9 Å². The van der Waals surface area contributed by atoms with Crippen molar-refractivity contribution in [3.63, 3.8) is 0 Å². The van der Waals surface area contributed by atoms with Gasteiger partial charge in [0.25, 0.3) is 5.69 Å². The summed E-state index contributed by atoms with van der Waals surface area (Å²) in [6, 6.07) is 2.64. The van der Waals surface area contributed by atoms with Gasteiger partial charge in [-0.3, -0.25) is 10.1 Å². The first-order valence-corrected chi connectivity index (χ1v) is 9.35. The third-order valence-corrected chi connectivity index (χ3v) is 6.07. The molecule has 0 spiro atoms. The van der Waals surface area contributed by atoms with E-state index >= 15 is 0 Å². The monoisotopic (exact) mass is 378 g/mol. The number of anilines is 1. The molecule has 1 saturated carbocycles. The summed E-state index contributed by atoms with van der Waals surface area (Å²) in [5.74, 6) is -3.65. The molecule has 2 rings (SSSR count). The summed E-state index contributed by atoms with van der Waals surface area (Å²) >= 11 is 0. The molecule has 25 heavy (non-hydrogen) atoms. The van der Waals surface area contributed by atoms with Crippen molar-refractivity contribution in [1.29, 1.82) is 0 Å². The van der Waals surface area contributed by atoms with E-state index in [1.54, 1.807) is 0 Å². The molecule has 0 radical (unpaired) electrons. The Morgan fingerprint density at radius 1 is 1.44 bits per heavy atom. The molecule has 10 heteroatoms. The number of aliphatic hydroxyl groups excluding tert-OH is 1. The van der Waals surface area contributed by atoms with Crippen molar-refractivity contribution in [2.24, 2.45) is 5.41 Å². The molecule has 0 saturated heterocycles. The minimum absolute atomic E-state index is 0.0252. The number of hydrogen-bond donors (Lipinski definition) is 2. The van der Waals surface area contributed by atoms with Gasteiger partial charge in [0.05, 0.1) is 15.9 Å². The number of aliphatic hydroxyl groups is 1. The highest BCUT2D eigenvalue weighted by Crippen LogP contribution is 2.37. The first-order valence-electron chi connectivity index (χ1n) is 7.80. The van der Waals surface area contributed by atoms with Gasteiger partial charge in [-0.15, -0.1) is 0 Å². The highest BCUT2D eigenvalue weighted by molar-refractivity contribution is 7.91. The van der Waals surface area contributed by atoms with Crippen molar-refractivity contribution in [2.45, 2.75) is 49.4 Å². The van der Waals surface area contributed by atoms with E-state index in [9.17, 15) is 32.4 Å². The van der Waals surface area contributed by atoms with E-state index in [4.69, 9.17) is 0 Å². The zero-order valence-corrected chi connectivity index (χ0v) is 14.4. The van der Waals surface area contributed by atoms with Gasteiger partial charge in [0, 0.05) is 18.0 Å². The summed E-state index contributed by atoms with van der Waals surface area (Å²) in [7, 11) is -4.91. The average Bonchev–Trinajstić information content (AvgIpc) is 2.55. The molecule has 1 aliphatic rings. The number of rotatable bonds is 6. The Hall–Kier alpha value is -1.81. The van der Waals surface area contributed by atoms with E-state index in [0.717, 1.165) is 31.4 Å². The van der Waals surface area contributed by atoms with E-state index in [2.05, 4.69) is 5.32 Å². The lowest BCUT2D eigenvalue weighted by Crippen LogP contribution is -2.41. The first kappa shape index (κ1) is 19.5. The Bertz CT molecular complexity index is 756. The van der Waals surface area contributed by atoms with Crippen LogP contribution < -0.4 is 5.32 Å². The predicted molar refractivity (Wildman–Crippen MR) is 87.4 cm³/mol. The normalized spacial score (nSPS) is 24.3. The summed E-state index contributed by atoms with van der Waals surface area (Å²) in [5, 5.41) is 24.2. The summed E-state index contributed by atoms with van der Waals surface area (Å²) in [4.78, 5) is 9.57. The molecule has 2 N–H and O–H groups in total. The molecule has 1 aliphatic carbocycles. The third-order valence-electron chi connectivity index (χ3n) is 4.69. The zero-order valence-electron chi connectivity index (χ0n) is 13.6. The standard InChI is InChI=1S/C15H20F2N2O5S/c1-15(7-3-2-4-13(15)20)9-18-11-6-5-10(8-12(11)19(21)22)25(23,24)14(16)17/h5-6,8,13-14,18,20H,2-4,7,9H2,1H3. The summed E-state index contributed by atoms with van der Waals surface area (Å²) in [5.41, 5.74) is -1.05. The Labute approximate surface area is 144 Å². The van der Waals surface area contributed by atoms with Gasteiger partial charge in [-0.05, 0) is 25.0 Å². The second-order valence-corrected chi connectivity index (χ2v) is 8.43. The van der Waals surface area contributed by atoms with Crippen molar-refractivity contribution in [2.75, 3.05) is 11.9 Å². The highest BCUT2D eigenvalue weighted by atomic mass is 32.2. The highest BCUT2D eigenvalue weighted by Gasteiger charge is 2.36. The third kappa shape index (κ3) is 4.06. The van der Waals surface area contributed by atoms with E-state index < -0.39 is 42.6 Å². The number of nitrogens with zero attached hydrogens (tertiary/aromatic N) is 1. The number of nitrogens with one attached hydrogen (secondary N) is 1. The van der Waals surface area contributed by atoms with Gasteiger partial charge in [0.2, 0.25) is 9.84 Å². The maximum atomic E-state index is 12.6. The fourth-order valence-electron chi connectivity index (χ4n) is 2.98. The van der Waals surface area contributed by atoms with Gasteiger partial charge in [0.1, 0.15) is 5.69 Å². The van der Waals surface area contributed by atoms with Crippen LogP contribution in [0.15, 0.2) is 23.1 Å². The maximum absolute atomic E-state index is 12.6. The van der Waals surface area contributed by atoms with Crippen molar-refractivity contribution in [3.8, 4) is 0 Å². The lowest BCUT2D eigenvalue weighted by Gasteiger charge is -2.38.